The first-order valence-electron chi connectivity index (χ1n) is 10.2. The van der Waals surface area contributed by atoms with Crippen LogP contribution >= 0.6 is 0 Å². The lowest BCUT2D eigenvalue weighted by molar-refractivity contribution is 0.349. The van der Waals surface area contributed by atoms with Gasteiger partial charge in [0.05, 0.1) is 4.90 Å². The van der Waals surface area contributed by atoms with Crippen molar-refractivity contribution in [1.29, 1.82) is 0 Å². The fraction of sp³-hybridized carbons (Fsp3) is 0.280. The molecule has 1 aliphatic carbocycles. The number of hydrogen-bond acceptors (Lipinski definition) is 2. The average Bonchev–Trinajstić information content (AvgIpc) is 3.13. The molecule has 0 amide bonds. The van der Waals surface area contributed by atoms with Crippen molar-refractivity contribution in [1.82, 2.24) is 4.31 Å². The lowest BCUT2D eigenvalue weighted by Gasteiger charge is -2.38. The molecule has 1 aliphatic heterocycles. The summed E-state index contributed by atoms with van der Waals surface area (Å²) in [6.07, 6.45) is 0.820. The van der Waals surface area contributed by atoms with E-state index >= 15 is 0 Å². The van der Waals surface area contributed by atoms with E-state index in [4.69, 9.17) is 0 Å². The van der Waals surface area contributed by atoms with Crippen molar-refractivity contribution in [3.63, 3.8) is 0 Å². The normalized spacial score (nSPS) is 26.3. The van der Waals surface area contributed by atoms with Crippen molar-refractivity contribution in [3.05, 3.63) is 101 Å². The Kier molecular flexibility index (Phi) is 4.19. The number of hydrogen-bond donors (Lipinski definition) is 0. The van der Waals surface area contributed by atoms with Gasteiger partial charge in [-0.3, -0.25) is 0 Å². The first kappa shape index (κ1) is 18.6. The second-order valence-corrected chi connectivity index (χ2v) is 10.3. The second kappa shape index (κ2) is 6.54. The third-order valence-corrected chi connectivity index (χ3v) is 8.74. The molecule has 29 heavy (non-hydrogen) atoms. The van der Waals surface area contributed by atoms with Gasteiger partial charge < -0.3 is 0 Å². The summed E-state index contributed by atoms with van der Waals surface area (Å²) in [6.45, 7) is 4.63. The average molecular weight is 404 g/mol. The van der Waals surface area contributed by atoms with Crippen LogP contribution in [0.2, 0.25) is 0 Å². The van der Waals surface area contributed by atoms with Crippen LogP contribution in [-0.2, 0) is 15.4 Å². The number of aryl methyl sites for hydroxylation is 1. The molecule has 0 radical (unpaired) electrons. The molecule has 0 aromatic heterocycles. The van der Waals surface area contributed by atoms with E-state index in [-0.39, 0.29) is 17.4 Å². The molecule has 0 unspecified atom stereocenters. The van der Waals surface area contributed by atoms with Crippen LogP contribution in [0.4, 0.5) is 0 Å². The topological polar surface area (TPSA) is 37.4 Å². The van der Waals surface area contributed by atoms with Crippen molar-refractivity contribution >= 4 is 10.0 Å². The summed E-state index contributed by atoms with van der Waals surface area (Å²) in [4.78, 5) is 0.384. The second-order valence-electron chi connectivity index (χ2n) is 8.46. The molecule has 0 saturated carbocycles. The molecule has 2 bridgehead atoms. The Hall–Kier alpha value is -2.43. The van der Waals surface area contributed by atoms with Crippen molar-refractivity contribution in [3.8, 4) is 0 Å². The summed E-state index contributed by atoms with van der Waals surface area (Å²) in [6, 6.07) is 26.1. The minimum absolute atomic E-state index is 0.0450. The largest absolute Gasteiger partial charge is 0.243 e. The summed E-state index contributed by atoms with van der Waals surface area (Å²) in [5.74, 6) is 0.158. The SMILES string of the molecule is Cc1ccc(S(=O)(=O)N2C[C@@]3(c4ccccc4)C[C@@H]2[C@@H](C)c2ccccc23)cc1. The third-order valence-electron chi connectivity index (χ3n) is 6.85. The van der Waals surface area contributed by atoms with Crippen LogP contribution in [0.5, 0.6) is 0 Å². The lowest BCUT2D eigenvalue weighted by atomic mass is 9.65. The maximum absolute atomic E-state index is 13.7. The molecule has 5 rings (SSSR count). The van der Waals surface area contributed by atoms with Crippen LogP contribution in [-0.4, -0.2) is 25.3 Å². The van der Waals surface area contributed by atoms with E-state index in [0.717, 1.165) is 12.0 Å². The van der Waals surface area contributed by atoms with Gasteiger partial charge in [-0.15, -0.1) is 0 Å². The highest BCUT2D eigenvalue weighted by Crippen LogP contribution is 2.54. The van der Waals surface area contributed by atoms with Gasteiger partial charge in [0.1, 0.15) is 0 Å². The van der Waals surface area contributed by atoms with Crippen molar-refractivity contribution in [2.45, 2.75) is 42.5 Å². The quantitative estimate of drug-likeness (QED) is 0.626. The van der Waals surface area contributed by atoms with Crippen molar-refractivity contribution < 1.29 is 8.42 Å². The van der Waals surface area contributed by atoms with Gasteiger partial charge in [-0.25, -0.2) is 8.42 Å². The standard InChI is InChI=1S/C25H25NO2S/c1-18-12-14-21(15-13-18)29(27,28)26-17-25(20-8-4-3-5-9-20)16-24(26)19(2)22-10-6-7-11-23(22)25/h3-15,19,24H,16-17H2,1-2H3/t19-,24+,25+/m0/s1. The highest BCUT2D eigenvalue weighted by atomic mass is 32.2. The van der Waals surface area contributed by atoms with Crippen molar-refractivity contribution in [2.75, 3.05) is 6.54 Å². The van der Waals surface area contributed by atoms with Crippen molar-refractivity contribution in [2.24, 2.45) is 0 Å². The van der Waals surface area contributed by atoms with Gasteiger partial charge in [-0.2, -0.15) is 4.31 Å². The molecule has 4 heteroatoms. The predicted octanol–water partition coefficient (Wildman–Crippen LogP) is 4.86. The van der Waals surface area contributed by atoms with Crippen LogP contribution in [0.3, 0.4) is 0 Å². The highest BCUT2D eigenvalue weighted by molar-refractivity contribution is 7.89. The van der Waals surface area contributed by atoms with Crippen LogP contribution in [0.25, 0.3) is 0 Å². The van der Waals surface area contributed by atoms with E-state index in [1.807, 2.05) is 25.1 Å². The zero-order chi connectivity index (χ0) is 20.2. The molecular formula is C25H25NO2S. The van der Waals surface area contributed by atoms with E-state index in [1.165, 1.54) is 16.7 Å². The number of benzene rings is 3. The molecule has 3 nitrogen and oxygen atoms in total. The minimum Gasteiger partial charge on any atom is -0.207 e. The molecule has 3 aromatic rings. The summed E-state index contributed by atoms with van der Waals surface area (Å²) >= 11 is 0. The van der Waals surface area contributed by atoms with E-state index in [0.29, 0.717) is 11.4 Å². The Morgan fingerprint density at radius 1 is 0.897 bits per heavy atom. The Bertz CT molecular complexity index is 1150. The molecule has 3 aromatic carbocycles. The third kappa shape index (κ3) is 2.70. The molecule has 0 N–H and O–H groups in total. The van der Waals surface area contributed by atoms with Gasteiger partial charge in [-0.1, -0.05) is 79.2 Å². The fourth-order valence-electron chi connectivity index (χ4n) is 5.30. The van der Waals surface area contributed by atoms with Crippen LogP contribution in [0, 0.1) is 6.92 Å². The maximum atomic E-state index is 13.7. The zero-order valence-corrected chi connectivity index (χ0v) is 17.6. The van der Waals surface area contributed by atoms with Gasteiger partial charge in [-0.05, 0) is 48.1 Å². The van der Waals surface area contributed by atoms with Crippen LogP contribution < -0.4 is 0 Å². The van der Waals surface area contributed by atoms with E-state index in [9.17, 15) is 8.42 Å². The Morgan fingerprint density at radius 2 is 1.55 bits per heavy atom. The Balaban J connectivity index is 1.69. The molecule has 148 valence electrons. The highest BCUT2D eigenvalue weighted by Gasteiger charge is 2.56. The van der Waals surface area contributed by atoms with Gasteiger partial charge >= 0.3 is 0 Å². The first-order chi connectivity index (χ1) is 13.9. The van der Waals surface area contributed by atoms with Gasteiger partial charge in [0.2, 0.25) is 10.0 Å². The fourth-order valence-corrected chi connectivity index (χ4v) is 7.05. The summed E-state index contributed by atoms with van der Waals surface area (Å²) in [5, 5.41) is 0. The Morgan fingerprint density at radius 3 is 2.28 bits per heavy atom. The number of rotatable bonds is 3. The van der Waals surface area contributed by atoms with Crippen LogP contribution in [0.1, 0.15) is 41.5 Å². The molecule has 1 heterocycles. The molecule has 1 fully saturated rings. The summed E-state index contributed by atoms with van der Waals surface area (Å²) in [7, 11) is -3.57. The van der Waals surface area contributed by atoms with E-state index in [1.54, 1.807) is 16.4 Å². The molecule has 3 atom stereocenters. The number of fused-ring (bicyclic) bond motifs is 4. The molecule has 0 spiro atoms. The maximum Gasteiger partial charge on any atom is 0.243 e. The monoisotopic (exact) mass is 403 g/mol. The van der Waals surface area contributed by atoms with E-state index in [2.05, 4.69) is 55.5 Å². The van der Waals surface area contributed by atoms with Gasteiger partial charge in [0, 0.05) is 18.0 Å². The van der Waals surface area contributed by atoms with Gasteiger partial charge in [0.15, 0.2) is 0 Å². The summed E-state index contributed by atoms with van der Waals surface area (Å²) in [5.41, 5.74) is 4.51. The van der Waals surface area contributed by atoms with E-state index < -0.39 is 10.0 Å². The lowest BCUT2D eigenvalue weighted by Crippen LogP contribution is -2.38. The van der Waals surface area contributed by atoms with Gasteiger partial charge in [0.25, 0.3) is 0 Å². The summed E-state index contributed by atoms with van der Waals surface area (Å²) < 4.78 is 29.1. The predicted molar refractivity (Wildman–Crippen MR) is 116 cm³/mol. The minimum atomic E-state index is -3.57. The smallest absolute Gasteiger partial charge is 0.207 e. The molecule has 2 aliphatic rings. The number of nitrogens with zero attached hydrogens (tertiary/aromatic N) is 1. The Labute approximate surface area is 173 Å². The molecular weight excluding hydrogens is 378 g/mol. The molecule has 1 saturated heterocycles. The van der Waals surface area contributed by atoms with Crippen LogP contribution in [0.15, 0.2) is 83.8 Å². The zero-order valence-electron chi connectivity index (χ0n) is 16.7. The number of sulfonamides is 1. The first-order valence-corrected chi connectivity index (χ1v) is 11.6.